The number of amides is 1. The van der Waals surface area contributed by atoms with E-state index in [2.05, 4.69) is 12.2 Å². The third kappa shape index (κ3) is 4.65. The van der Waals surface area contributed by atoms with E-state index in [1.165, 1.54) is 25.7 Å². The van der Waals surface area contributed by atoms with Crippen LogP contribution in [0.1, 0.15) is 45.4 Å². The average Bonchev–Trinajstić information content (AvgIpc) is 3.20. The van der Waals surface area contributed by atoms with E-state index in [9.17, 15) is 9.90 Å². The first-order chi connectivity index (χ1) is 13.1. The Morgan fingerprint density at radius 1 is 1.15 bits per heavy atom. The van der Waals surface area contributed by atoms with Crippen molar-refractivity contribution in [3.05, 3.63) is 0 Å². The summed E-state index contributed by atoms with van der Waals surface area (Å²) in [5, 5.41) is 14.2. The molecule has 4 fully saturated rings. The zero-order valence-electron chi connectivity index (χ0n) is 16.3. The molecule has 3 saturated heterocycles. The van der Waals surface area contributed by atoms with Gasteiger partial charge in [0.15, 0.2) is 0 Å². The number of carbonyl (C=O) groups is 1. The van der Waals surface area contributed by atoms with Crippen molar-refractivity contribution in [3.63, 3.8) is 0 Å². The minimum atomic E-state index is -0.617. The van der Waals surface area contributed by atoms with Crippen LogP contribution in [0, 0.1) is 5.92 Å². The lowest BCUT2D eigenvalue weighted by Gasteiger charge is -2.29. The van der Waals surface area contributed by atoms with Gasteiger partial charge in [-0.25, -0.2) is 0 Å². The molecule has 7 heteroatoms. The summed E-state index contributed by atoms with van der Waals surface area (Å²) in [6.07, 6.45) is 4.64. The van der Waals surface area contributed by atoms with E-state index in [4.69, 9.17) is 14.2 Å². The van der Waals surface area contributed by atoms with E-state index in [0.717, 1.165) is 5.92 Å². The highest BCUT2D eigenvalue weighted by molar-refractivity contribution is 5.76. The van der Waals surface area contributed by atoms with Gasteiger partial charge in [-0.05, 0) is 31.6 Å². The number of aliphatic hydroxyl groups excluding tert-OH is 1. The first-order valence-corrected chi connectivity index (χ1v) is 10.7. The van der Waals surface area contributed by atoms with Crippen LogP contribution in [0.15, 0.2) is 0 Å². The number of nitrogens with zero attached hydrogens (tertiary/aromatic N) is 1. The Morgan fingerprint density at radius 3 is 2.59 bits per heavy atom. The first-order valence-electron chi connectivity index (χ1n) is 10.7. The fraction of sp³-hybridized carbons (Fsp3) is 0.950. The van der Waals surface area contributed by atoms with Gasteiger partial charge in [0.05, 0.1) is 37.9 Å². The number of fused-ring (bicyclic) bond motifs is 1. The van der Waals surface area contributed by atoms with Crippen molar-refractivity contribution in [2.24, 2.45) is 5.92 Å². The maximum atomic E-state index is 12.4. The lowest BCUT2D eigenvalue weighted by Crippen LogP contribution is -2.44. The van der Waals surface area contributed by atoms with Gasteiger partial charge >= 0.3 is 0 Å². The standard InChI is InChI=1S/C20H34N2O5/c1-13-2-4-14(5-3-13)21-12-17-19(24)20-16(27-17)10-15(26-20)11-18(23)22-6-8-25-9-7-22/h13-17,19-21,24H,2-12H2,1H3/t13?,14?,15-,16+,17+,19+,20-/m0/s1. The highest BCUT2D eigenvalue weighted by Crippen LogP contribution is 2.35. The van der Waals surface area contributed by atoms with Gasteiger partial charge < -0.3 is 29.5 Å². The molecule has 5 atom stereocenters. The molecule has 154 valence electrons. The maximum Gasteiger partial charge on any atom is 0.225 e. The quantitative estimate of drug-likeness (QED) is 0.728. The Balaban J connectivity index is 1.20. The van der Waals surface area contributed by atoms with Crippen LogP contribution in [-0.4, -0.2) is 85.3 Å². The Hall–Kier alpha value is -0.730. The monoisotopic (exact) mass is 382 g/mol. The van der Waals surface area contributed by atoms with Crippen LogP contribution in [0.25, 0.3) is 0 Å². The van der Waals surface area contributed by atoms with E-state index in [-0.39, 0.29) is 30.3 Å². The molecule has 3 aliphatic heterocycles. The smallest absolute Gasteiger partial charge is 0.225 e. The minimum absolute atomic E-state index is 0.0966. The maximum absolute atomic E-state index is 12.4. The average molecular weight is 383 g/mol. The van der Waals surface area contributed by atoms with Crippen molar-refractivity contribution in [1.82, 2.24) is 10.2 Å². The largest absolute Gasteiger partial charge is 0.388 e. The molecule has 7 nitrogen and oxygen atoms in total. The van der Waals surface area contributed by atoms with Crippen LogP contribution in [0.2, 0.25) is 0 Å². The molecule has 0 aromatic heterocycles. The molecule has 27 heavy (non-hydrogen) atoms. The van der Waals surface area contributed by atoms with Crippen LogP contribution >= 0.6 is 0 Å². The van der Waals surface area contributed by atoms with Crippen molar-refractivity contribution >= 4 is 5.91 Å². The molecular weight excluding hydrogens is 348 g/mol. The fourth-order valence-electron chi connectivity index (χ4n) is 4.89. The van der Waals surface area contributed by atoms with E-state index in [1.54, 1.807) is 0 Å². The highest BCUT2D eigenvalue weighted by Gasteiger charge is 2.50. The van der Waals surface area contributed by atoms with Crippen molar-refractivity contribution in [1.29, 1.82) is 0 Å². The highest BCUT2D eigenvalue weighted by atomic mass is 16.6. The summed E-state index contributed by atoms with van der Waals surface area (Å²) in [6, 6.07) is 0.539. The van der Waals surface area contributed by atoms with Crippen LogP contribution in [0.4, 0.5) is 0 Å². The molecule has 1 amide bonds. The summed E-state index contributed by atoms with van der Waals surface area (Å²) in [7, 11) is 0. The van der Waals surface area contributed by atoms with E-state index < -0.39 is 6.10 Å². The fourth-order valence-corrected chi connectivity index (χ4v) is 4.89. The van der Waals surface area contributed by atoms with E-state index in [0.29, 0.717) is 51.7 Å². The number of hydrogen-bond donors (Lipinski definition) is 2. The molecule has 0 radical (unpaired) electrons. The molecule has 0 bridgehead atoms. The SMILES string of the molecule is CC1CCC(NC[C@H]2O[C@@H]3C[C@@H](CC(=O)N4CCOCC4)O[C@@H]3[C@@H]2O)CC1. The predicted molar refractivity (Wildman–Crippen MR) is 99.4 cm³/mol. The number of rotatable bonds is 5. The van der Waals surface area contributed by atoms with Gasteiger partial charge in [0.25, 0.3) is 0 Å². The van der Waals surface area contributed by atoms with Gasteiger partial charge in [-0.15, -0.1) is 0 Å². The molecule has 0 aromatic rings. The first kappa shape index (κ1) is 19.6. The van der Waals surface area contributed by atoms with Gasteiger partial charge in [0, 0.05) is 32.1 Å². The predicted octanol–water partition coefficient (Wildman–Crippen LogP) is 0.689. The van der Waals surface area contributed by atoms with Crippen molar-refractivity contribution < 1.29 is 24.1 Å². The molecule has 4 rings (SSSR count). The van der Waals surface area contributed by atoms with Crippen molar-refractivity contribution in [2.45, 2.75) is 82.0 Å². The van der Waals surface area contributed by atoms with Crippen LogP contribution in [0.3, 0.4) is 0 Å². The van der Waals surface area contributed by atoms with Crippen LogP contribution in [0.5, 0.6) is 0 Å². The summed E-state index contributed by atoms with van der Waals surface area (Å²) in [5.41, 5.74) is 0. The van der Waals surface area contributed by atoms with Crippen LogP contribution in [-0.2, 0) is 19.0 Å². The van der Waals surface area contributed by atoms with E-state index in [1.807, 2.05) is 4.90 Å². The van der Waals surface area contributed by atoms with Gasteiger partial charge in [-0.1, -0.05) is 6.92 Å². The second-order valence-electron chi connectivity index (χ2n) is 8.72. The van der Waals surface area contributed by atoms with Gasteiger partial charge in [-0.3, -0.25) is 4.79 Å². The Kier molecular flexibility index (Phi) is 6.34. The Bertz CT molecular complexity index is 505. The molecular formula is C20H34N2O5. The minimum Gasteiger partial charge on any atom is -0.388 e. The van der Waals surface area contributed by atoms with Crippen molar-refractivity contribution in [3.8, 4) is 0 Å². The molecule has 2 N–H and O–H groups in total. The number of morpholine rings is 1. The normalized spacial score (nSPS) is 42.3. The second-order valence-corrected chi connectivity index (χ2v) is 8.72. The van der Waals surface area contributed by atoms with Crippen molar-refractivity contribution in [2.75, 3.05) is 32.8 Å². The summed E-state index contributed by atoms with van der Waals surface area (Å²) in [6.45, 7) is 5.53. The third-order valence-electron chi connectivity index (χ3n) is 6.67. The Labute approximate surface area is 161 Å². The second kappa shape index (κ2) is 8.74. The molecule has 1 saturated carbocycles. The molecule has 0 aromatic carbocycles. The third-order valence-corrected chi connectivity index (χ3v) is 6.67. The molecule has 1 aliphatic carbocycles. The number of nitrogens with one attached hydrogen (secondary N) is 1. The lowest BCUT2D eigenvalue weighted by molar-refractivity contribution is -0.138. The van der Waals surface area contributed by atoms with Gasteiger partial charge in [0.1, 0.15) is 12.2 Å². The summed E-state index contributed by atoms with van der Waals surface area (Å²) >= 11 is 0. The van der Waals surface area contributed by atoms with Gasteiger partial charge in [0.2, 0.25) is 5.91 Å². The van der Waals surface area contributed by atoms with Gasteiger partial charge in [-0.2, -0.15) is 0 Å². The number of carbonyl (C=O) groups excluding carboxylic acids is 1. The lowest BCUT2D eigenvalue weighted by atomic mass is 9.87. The summed E-state index contributed by atoms with van der Waals surface area (Å²) < 4.78 is 17.4. The molecule has 0 unspecified atom stereocenters. The van der Waals surface area contributed by atoms with E-state index >= 15 is 0 Å². The number of hydrogen-bond acceptors (Lipinski definition) is 6. The number of ether oxygens (including phenoxy) is 3. The summed E-state index contributed by atoms with van der Waals surface area (Å²) in [4.78, 5) is 14.2. The molecule has 0 spiro atoms. The molecule has 4 aliphatic rings. The Morgan fingerprint density at radius 2 is 1.89 bits per heavy atom. The summed E-state index contributed by atoms with van der Waals surface area (Å²) in [5.74, 6) is 0.948. The molecule has 3 heterocycles. The van der Waals surface area contributed by atoms with Crippen LogP contribution < -0.4 is 5.32 Å². The topological polar surface area (TPSA) is 80.3 Å². The zero-order valence-corrected chi connectivity index (χ0v) is 16.3. The number of aliphatic hydroxyl groups is 1. The zero-order chi connectivity index (χ0) is 18.8.